The number of urea groups is 1. The molecule has 0 bridgehead atoms. The van der Waals surface area contributed by atoms with Gasteiger partial charge in [0.15, 0.2) is 0 Å². The Kier molecular flexibility index (Phi) is 6.05. The number of rotatable bonds is 5. The smallest absolute Gasteiger partial charge is 0.324 e. The Hall–Kier alpha value is -1.85. The van der Waals surface area contributed by atoms with Gasteiger partial charge in [0, 0.05) is 25.9 Å². The number of carboxylic acids is 1. The first kappa shape index (κ1) is 15.2. The molecule has 0 atom stereocenters. The molecule has 0 spiro atoms. The lowest BCUT2D eigenvalue weighted by atomic mass is 10.1. The maximum atomic E-state index is 11.8. The summed E-state index contributed by atoms with van der Waals surface area (Å²) in [6.07, 6.45) is 4.05. The number of unbranched alkanes of at least 4 members (excludes halogenated alkanes) is 1. The number of carbonyl (C=O) groups is 3. The molecule has 1 aliphatic heterocycles. The number of carbonyl (C=O) groups excluding carboxylic acids is 2. The molecule has 0 unspecified atom stereocenters. The van der Waals surface area contributed by atoms with Crippen LogP contribution in [0.3, 0.4) is 0 Å². The summed E-state index contributed by atoms with van der Waals surface area (Å²) in [6.45, 7) is 3.13. The highest BCUT2D eigenvalue weighted by atomic mass is 16.4. The third-order valence-electron chi connectivity index (χ3n) is 2.91. The summed E-state index contributed by atoms with van der Waals surface area (Å²) in [6, 6.07) is -0.365. The Labute approximate surface area is 112 Å². The zero-order valence-electron chi connectivity index (χ0n) is 11.1. The Bertz CT molecular complexity index is 390. The lowest BCUT2D eigenvalue weighted by molar-refractivity contribution is -0.137. The van der Waals surface area contributed by atoms with Gasteiger partial charge < -0.3 is 10.0 Å². The van der Waals surface area contributed by atoms with Crippen LogP contribution in [-0.4, -0.2) is 41.0 Å². The van der Waals surface area contributed by atoms with Crippen molar-refractivity contribution in [2.24, 2.45) is 0 Å². The maximum Gasteiger partial charge on any atom is 0.324 e. The maximum absolute atomic E-state index is 11.8. The first-order valence-corrected chi connectivity index (χ1v) is 6.45. The number of amides is 3. The predicted octanol–water partition coefficient (Wildman–Crippen LogP) is 1.52. The van der Waals surface area contributed by atoms with Gasteiger partial charge in [0.2, 0.25) is 5.91 Å². The largest absolute Gasteiger partial charge is 0.481 e. The van der Waals surface area contributed by atoms with Crippen LogP contribution in [0.2, 0.25) is 0 Å². The molecule has 106 valence electrons. The van der Waals surface area contributed by atoms with Crippen LogP contribution in [0.1, 0.15) is 39.0 Å². The Morgan fingerprint density at radius 2 is 2.00 bits per heavy atom. The number of nitrogens with one attached hydrogen (secondary N) is 1. The molecule has 0 aromatic heterocycles. The van der Waals surface area contributed by atoms with Crippen LogP contribution >= 0.6 is 0 Å². The Balaban J connectivity index is 2.22. The highest BCUT2D eigenvalue weighted by Crippen LogP contribution is 2.08. The van der Waals surface area contributed by atoms with E-state index in [-0.39, 0.29) is 24.8 Å². The monoisotopic (exact) mass is 268 g/mol. The van der Waals surface area contributed by atoms with Crippen molar-refractivity contribution in [1.29, 1.82) is 0 Å². The minimum Gasteiger partial charge on any atom is -0.481 e. The van der Waals surface area contributed by atoms with Crippen molar-refractivity contribution in [2.45, 2.75) is 39.0 Å². The SMILES string of the molecule is CC1=CCCN(C(=O)NC(=O)CCCCC(=O)O)C1. The van der Waals surface area contributed by atoms with Crippen molar-refractivity contribution in [2.75, 3.05) is 13.1 Å². The quantitative estimate of drug-likeness (QED) is 0.584. The molecule has 6 nitrogen and oxygen atoms in total. The molecule has 1 rings (SSSR count). The Morgan fingerprint density at radius 1 is 1.32 bits per heavy atom. The van der Waals surface area contributed by atoms with Crippen LogP contribution < -0.4 is 5.32 Å². The van der Waals surface area contributed by atoms with Gasteiger partial charge in [-0.25, -0.2) is 4.79 Å². The predicted molar refractivity (Wildman–Crippen MR) is 69.6 cm³/mol. The summed E-state index contributed by atoms with van der Waals surface area (Å²) in [5.41, 5.74) is 1.12. The number of hydrogen-bond donors (Lipinski definition) is 2. The van der Waals surface area contributed by atoms with Crippen molar-refractivity contribution < 1.29 is 19.5 Å². The molecule has 0 aromatic carbocycles. The minimum atomic E-state index is -0.868. The summed E-state index contributed by atoms with van der Waals surface area (Å²) >= 11 is 0. The molecule has 0 aromatic rings. The lowest BCUT2D eigenvalue weighted by Crippen LogP contribution is -2.44. The van der Waals surface area contributed by atoms with Gasteiger partial charge >= 0.3 is 12.0 Å². The number of nitrogens with zero attached hydrogens (tertiary/aromatic N) is 1. The molecule has 0 radical (unpaired) electrons. The van der Waals surface area contributed by atoms with Crippen molar-refractivity contribution in [1.82, 2.24) is 10.2 Å². The molecule has 0 saturated carbocycles. The van der Waals surface area contributed by atoms with E-state index in [4.69, 9.17) is 5.11 Å². The molecule has 6 heteroatoms. The van der Waals surface area contributed by atoms with Crippen molar-refractivity contribution in [3.63, 3.8) is 0 Å². The zero-order valence-corrected chi connectivity index (χ0v) is 11.1. The number of aliphatic carboxylic acids is 1. The third-order valence-corrected chi connectivity index (χ3v) is 2.91. The van der Waals surface area contributed by atoms with E-state index in [0.29, 0.717) is 25.9 Å². The minimum absolute atomic E-state index is 0.0529. The fourth-order valence-electron chi connectivity index (χ4n) is 1.91. The van der Waals surface area contributed by atoms with Crippen molar-refractivity contribution in [3.8, 4) is 0 Å². The second-order valence-corrected chi connectivity index (χ2v) is 4.71. The molecular formula is C13H20N2O4. The van der Waals surface area contributed by atoms with Crippen LogP contribution in [0.5, 0.6) is 0 Å². The highest BCUT2D eigenvalue weighted by molar-refractivity contribution is 5.94. The van der Waals surface area contributed by atoms with E-state index in [1.165, 1.54) is 0 Å². The molecule has 3 amide bonds. The summed E-state index contributed by atoms with van der Waals surface area (Å²) in [7, 11) is 0. The van der Waals surface area contributed by atoms with Crippen LogP contribution in [0, 0.1) is 0 Å². The second kappa shape index (κ2) is 7.56. The standard InChI is InChI=1S/C13H20N2O4/c1-10-5-4-8-15(9-10)13(19)14-11(16)6-2-3-7-12(17)18/h5H,2-4,6-9H2,1H3,(H,17,18)(H,14,16,19). The molecule has 1 heterocycles. The summed E-state index contributed by atoms with van der Waals surface area (Å²) in [4.78, 5) is 35.2. The normalized spacial score (nSPS) is 14.8. The summed E-state index contributed by atoms with van der Waals surface area (Å²) in [5, 5.41) is 10.8. The first-order valence-electron chi connectivity index (χ1n) is 6.45. The lowest BCUT2D eigenvalue weighted by Gasteiger charge is -2.25. The van der Waals surface area contributed by atoms with Gasteiger partial charge in [-0.05, 0) is 26.2 Å². The third kappa shape index (κ3) is 6.03. The van der Waals surface area contributed by atoms with E-state index in [0.717, 1.165) is 12.0 Å². The number of hydrogen-bond acceptors (Lipinski definition) is 3. The van der Waals surface area contributed by atoms with Gasteiger partial charge in [0.1, 0.15) is 0 Å². The van der Waals surface area contributed by atoms with Gasteiger partial charge in [-0.1, -0.05) is 11.6 Å². The van der Waals surface area contributed by atoms with E-state index in [9.17, 15) is 14.4 Å². The van der Waals surface area contributed by atoms with Gasteiger partial charge in [-0.2, -0.15) is 0 Å². The van der Waals surface area contributed by atoms with E-state index in [1.54, 1.807) is 4.90 Å². The second-order valence-electron chi connectivity index (χ2n) is 4.71. The van der Waals surface area contributed by atoms with E-state index in [1.807, 2.05) is 6.92 Å². The van der Waals surface area contributed by atoms with Gasteiger partial charge in [-0.3, -0.25) is 14.9 Å². The fourth-order valence-corrected chi connectivity index (χ4v) is 1.91. The molecule has 1 aliphatic rings. The van der Waals surface area contributed by atoms with Crippen LogP contribution in [0.25, 0.3) is 0 Å². The molecular weight excluding hydrogens is 248 g/mol. The summed E-state index contributed by atoms with van der Waals surface area (Å²) < 4.78 is 0. The average molecular weight is 268 g/mol. The van der Waals surface area contributed by atoms with Crippen LogP contribution in [0.15, 0.2) is 11.6 Å². The number of carboxylic acid groups (broad SMARTS) is 1. The van der Waals surface area contributed by atoms with Gasteiger partial charge in [-0.15, -0.1) is 0 Å². The van der Waals surface area contributed by atoms with E-state index >= 15 is 0 Å². The molecule has 0 aliphatic carbocycles. The molecule has 2 N–H and O–H groups in total. The van der Waals surface area contributed by atoms with Crippen LogP contribution in [-0.2, 0) is 9.59 Å². The highest BCUT2D eigenvalue weighted by Gasteiger charge is 2.18. The average Bonchev–Trinajstić information content (AvgIpc) is 2.34. The zero-order chi connectivity index (χ0) is 14.3. The van der Waals surface area contributed by atoms with Crippen molar-refractivity contribution >= 4 is 17.9 Å². The number of imide groups is 1. The Morgan fingerprint density at radius 3 is 2.63 bits per heavy atom. The summed E-state index contributed by atoms with van der Waals surface area (Å²) in [5.74, 6) is -1.21. The van der Waals surface area contributed by atoms with E-state index < -0.39 is 5.97 Å². The topological polar surface area (TPSA) is 86.7 Å². The molecule has 0 fully saturated rings. The molecule has 19 heavy (non-hydrogen) atoms. The van der Waals surface area contributed by atoms with Crippen LogP contribution in [0.4, 0.5) is 4.79 Å². The van der Waals surface area contributed by atoms with Crippen molar-refractivity contribution in [3.05, 3.63) is 11.6 Å². The first-order chi connectivity index (χ1) is 8.99. The fraction of sp³-hybridized carbons (Fsp3) is 0.615. The van der Waals surface area contributed by atoms with Gasteiger partial charge in [0.05, 0.1) is 0 Å². The molecule has 0 saturated heterocycles. The van der Waals surface area contributed by atoms with E-state index in [2.05, 4.69) is 11.4 Å². The van der Waals surface area contributed by atoms with Gasteiger partial charge in [0.25, 0.3) is 0 Å².